The van der Waals surface area contributed by atoms with Crippen LogP contribution in [-0.4, -0.2) is 21.5 Å². The van der Waals surface area contributed by atoms with Gasteiger partial charge in [0.25, 0.3) is 0 Å². The monoisotopic (exact) mass is 273 g/mol. The molecule has 2 rings (SSSR count). The van der Waals surface area contributed by atoms with Gasteiger partial charge in [0, 0.05) is 11.8 Å². The second-order valence-electron chi connectivity index (χ2n) is 5.72. The maximum absolute atomic E-state index is 11.9. The average molecular weight is 273 g/mol. The third-order valence-electron chi connectivity index (χ3n) is 2.69. The van der Waals surface area contributed by atoms with Crippen LogP contribution in [0.1, 0.15) is 26.3 Å². The van der Waals surface area contributed by atoms with Crippen molar-refractivity contribution in [3.05, 3.63) is 36.0 Å². The summed E-state index contributed by atoms with van der Waals surface area (Å²) < 4.78 is 6.39. The van der Waals surface area contributed by atoms with Crippen LogP contribution in [0.25, 0.3) is 11.1 Å². The quantitative estimate of drug-likeness (QED) is 0.866. The van der Waals surface area contributed by atoms with Crippen molar-refractivity contribution in [2.24, 2.45) is 0 Å². The predicted octanol–water partition coefficient (Wildman–Crippen LogP) is 3.22. The third-order valence-corrected chi connectivity index (χ3v) is 2.69. The molecule has 5 nitrogen and oxygen atoms in total. The van der Waals surface area contributed by atoms with E-state index in [1.54, 1.807) is 27.0 Å². The normalized spacial score (nSPS) is 11.4. The number of nitrogen functional groups attached to an aromatic ring is 1. The molecule has 1 aromatic heterocycles. The fourth-order valence-corrected chi connectivity index (χ4v) is 1.74. The highest BCUT2D eigenvalue weighted by Gasteiger charge is 2.20. The molecule has 0 saturated carbocycles. The molecule has 1 aromatic carbocycles. The van der Waals surface area contributed by atoms with Crippen molar-refractivity contribution >= 4 is 11.9 Å². The van der Waals surface area contributed by atoms with E-state index in [4.69, 9.17) is 10.5 Å². The summed E-state index contributed by atoms with van der Waals surface area (Å²) >= 11 is 0. The predicted molar refractivity (Wildman–Crippen MR) is 78.4 cm³/mol. The standard InChI is InChI=1S/C15H19N3O2/c1-10-5-7-11(8-6-10)12-9-18(17-13(12)16)14(19)20-15(2,3)4/h5-9H,1-4H3,(H2,16,17). The van der Waals surface area contributed by atoms with E-state index in [1.165, 1.54) is 0 Å². The first-order valence-electron chi connectivity index (χ1n) is 6.42. The summed E-state index contributed by atoms with van der Waals surface area (Å²) in [5.41, 5.74) is 8.10. The first-order valence-corrected chi connectivity index (χ1v) is 6.42. The van der Waals surface area contributed by atoms with Gasteiger partial charge in [-0.05, 0) is 33.3 Å². The molecule has 0 aliphatic heterocycles. The number of nitrogens with zero attached hydrogens (tertiary/aromatic N) is 2. The van der Waals surface area contributed by atoms with E-state index in [0.29, 0.717) is 5.82 Å². The van der Waals surface area contributed by atoms with Gasteiger partial charge in [-0.15, -0.1) is 5.10 Å². The number of benzene rings is 1. The number of aryl methyl sites for hydroxylation is 1. The van der Waals surface area contributed by atoms with Crippen LogP contribution in [-0.2, 0) is 4.74 Å². The van der Waals surface area contributed by atoms with Gasteiger partial charge in [-0.1, -0.05) is 29.8 Å². The van der Waals surface area contributed by atoms with Crippen LogP contribution in [0.5, 0.6) is 0 Å². The lowest BCUT2D eigenvalue weighted by atomic mass is 10.1. The summed E-state index contributed by atoms with van der Waals surface area (Å²) in [4.78, 5) is 11.9. The number of hydrogen-bond acceptors (Lipinski definition) is 4. The zero-order chi connectivity index (χ0) is 14.9. The number of carbonyl (C=O) groups excluding carboxylic acids is 1. The van der Waals surface area contributed by atoms with Crippen LogP contribution in [0, 0.1) is 6.92 Å². The second-order valence-corrected chi connectivity index (χ2v) is 5.72. The van der Waals surface area contributed by atoms with Crippen LogP contribution < -0.4 is 5.73 Å². The van der Waals surface area contributed by atoms with Crippen molar-refractivity contribution < 1.29 is 9.53 Å². The lowest BCUT2D eigenvalue weighted by Gasteiger charge is -2.18. The first kappa shape index (κ1) is 14.1. The molecule has 0 saturated heterocycles. The zero-order valence-corrected chi connectivity index (χ0v) is 12.2. The SMILES string of the molecule is Cc1ccc(-c2cn(C(=O)OC(C)(C)C)nc2N)cc1. The minimum Gasteiger partial charge on any atom is -0.442 e. The first-order chi connectivity index (χ1) is 9.26. The van der Waals surface area contributed by atoms with E-state index < -0.39 is 11.7 Å². The maximum Gasteiger partial charge on any atom is 0.435 e. The summed E-state index contributed by atoms with van der Waals surface area (Å²) in [5, 5.41) is 4.01. The summed E-state index contributed by atoms with van der Waals surface area (Å²) in [6.45, 7) is 7.42. The minimum absolute atomic E-state index is 0.305. The molecule has 5 heteroatoms. The fraction of sp³-hybridized carbons (Fsp3) is 0.333. The van der Waals surface area contributed by atoms with E-state index in [1.807, 2.05) is 31.2 Å². The van der Waals surface area contributed by atoms with Crippen molar-refractivity contribution in [3.8, 4) is 11.1 Å². The molecule has 1 heterocycles. The Labute approximate surface area is 118 Å². The Bertz CT molecular complexity index is 622. The zero-order valence-electron chi connectivity index (χ0n) is 12.2. The van der Waals surface area contributed by atoms with Gasteiger partial charge in [0.1, 0.15) is 5.60 Å². The van der Waals surface area contributed by atoms with Crippen molar-refractivity contribution in [1.82, 2.24) is 9.78 Å². The van der Waals surface area contributed by atoms with Crippen LogP contribution in [0.2, 0.25) is 0 Å². The molecule has 20 heavy (non-hydrogen) atoms. The van der Waals surface area contributed by atoms with Crippen molar-refractivity contribution in [3.63, 3.8) is 0 Å². The third kappa shape index (κ3) is 3.17. The molecule has 0 aliphatic carbocycles. The number of ether oxygens (including phenoxy) is 1. The molecule has 2 N–H and O–H groups in total. The number of hydrogen-bond donors (Lipinski definition) is 1. The molecular formula is C15H19N3O2. The van der Waals surface area contributed by atoms with Gasteiger partial charge in [0.05, 0.1) is 0 Å². The summed E-state index contributed by atoms with van der Waals surface area (Å²) in [5.74, 6) is 0.305. The molecule has 0 bridgehead atoms. The Balaban J connectivity index is 2.30. The highest BCUT2D eigenvalue weighted by atomic mass is 16.6. The van der Waals surface area contributed by atoms with E-state index in [-0.39, 0.29) is 0 Å². The van der Waals surface area contributed by atoms with Gasteiger partial charge in [0.2, 0.25) is 0 Å². The number of carbonyl (C=O) groups is 1. The molecule has 0 atom stereocenters. The van der Waals surface area contributed by atoms with Crippen LogP contribution in [0.3, 0.4) is 0 Å². The molecule has 0 amide bonds. The van der Waals surface area contributed by atoms with Gasteiger partial charge in [-0.25, -0.2) is 4.79 Å². The molecule has 0 unspecified atom stereocenters. The lowest BCUT2D eigenvalue weighted by Crippen LogP contribution is -2.27. The summed E-state index contributed by atoms with van der Waals surface area (Å²) in [6.07, 6.45) is 1.05. The Hall–Kier alpha value is -2.30. The van der Waals surface area contributed by atoms with E-state index in [0.717, 1.165) is 21.4 Å². The number of anilines is 1. The van der Waals surface area contributed by atoms with Crippen LogP contribution in [0.15, 0.2) is 30.5 Å². The molecular weight excluding hydrogens is 254 g/mol. The number of nitrogens with two attached hydrogens (primary N) is 1. The van der Waals surface area contributed by atoms with Gasteiger partial charge >= 0.3 is 6.09 Å². The Morgan fingerprint density at radius 3 is 2.40 bits per heavy atom. The van der Waals surface area contributed by atoms with Gasteiger partial charge in [0.15, 0.2) is 5.82 Å². The van der Waals surface area contributed by atoms with Gasteiger partial charge in [-0.2, -0.15) is 4.68 Å². The minimum atomic E-state index is -0.568. The number of rotatable bonds is 1. The smallest absolute Gasteiger partial charge is 0.435 e. The van der Waals surface area contributed by atoms with Crippen LogP contribution >= 0.6 is 0 Å². The van der Waals surface area contributed by atoms with Crippen LogP contribution in [0.4, 0.5) is 10.6 Å². The highest BCUT2D eigenvalue weighted by Crippen LogP contribution is 2.25. The fourth-order valence-electron chi connectivity index (χ4n) is 1.74. The van der Waals surface area contributed by atoms with Crippen molar-refractivity contribution in [2.45, 2.75) is 33.3 Å². The van der Waals surface area contributed by atoms with Gasteiger partial charge in [-0.3, -0.25) is 0 Å². The largest absolute Gasteiger partial charge is 0.442 e. The van der Waals surface area contributed by atoms with E-state index in [2.05, 4.69) is 5.10 Å². The highest BCUT2D eigenvalue weighted by molar-refractivity contribution is 5.78. The van der Waals surface area contributed by atoms with E-state index in [9.17, 15) is 4.79 Å². The molecule has 0 radical (unpaired) electrons. The topological polar surface area (TPSA) is 70.1 Å². The Kier molecular flexibility index (Phi) is 3.53. The second kappa shape index (κ2) is 5.00. The number of aromatic nitrogens is 2. The average Bonchev–Trinajstić information content (AvgIpc) is 2.70. The molecule has 0 aliphatic rings. The van der Waals surface area contributed by atoms with Gasteiger partial charge < -0.3 is 10.5 Å². The molecule has 0 spiro atoms. The van der Waals surface area contributed by atoms with E-state index >= 15 is 0 Å². The lowest BCUT2D eigenvalue weighted by molar-refractivity contribution is 0.0515. The Morgan fingerprint density at radius 2 is 1.85 bits per heavy atom. The molecule has 0 fully saturated rings. The van der Waals surface area contributed by atoms with Crippen molar-refractivity contribution in [1.29, 1.82) is 0 Å². The summed E-state index contributed by atoms with van der Waals surface area (Å²) in [7, 11) is 0. The summed E-state index contributed by atoms with van der Waals surface area (Å²) in [6, 6.07) is 7.86. The molecule has 2 aromatic rings. The molecule has 106 valence electrons. The maximum atomic E-state index is 11.9. The van der Waals surface area contributed by atoms with Crippen molar-refractivity contribution in [2.75, 3.05) is 5.73 Å². The Morgan fingerprint density at radius 1 is 1.25 bits per heavy atom.